The van der Waals surface area contributed by atoms with E-state index >= 15 is 0 Å². The van der Waals surface area contributed by atoms with Crippen molar-refractivity contribution in [3.63, 3.8) is 0 Å². The summed E-state index contributed by atoms with van der Waals surface area (Å²) in [6.07, 6.45) is 3.92. The van der Waals surface area contributed by atoms with Gasteiger partial charge < -0.3 is 15.1 Å². The van der Waals surface area contributed by atoms with Gasteiger partial charge in [-0.25, -0.2) is 9.78 Å². The molecule has 0 saturated carbocycles. The number of hydrogen-bond acceptors (Lipinski definition) is 7. The number of para-hydroxylation sites is 1. The van der Waals surface area contributed by atoms with E-state index in [0.29, 0.717) is 20.8 Å². The number of carboxylic acids is 1. The quantitative estimate of drug-likeness (QED) is 0.327. The number of rotatable bonds is 5. The van der Waals surface area contributed by atoms with Gasteiger partial charge in [0.15, 0.2) is 0 Å². The average Bonchev–Trinajstić information content (AvgIpc) is 3.47. The number of fused-ring (bicyclic) bond motifs is 3. The Hall–Kier alpha value is -3.89. The van der Waals surface area contributed by atoms with E-state index in [1.165, 1.54) is 28.8 Å². The first-order chi connectivity index (χ1) is 16.8. The predicted molar refractivity (Wildman–Crippen MR) is 128 cm³/mol. The SMILES string of the molecule is C[C@@H](O)[C@H]1C(=O)N2C(C(=O)O)=C(c3cn4cnc(C(=O)c5cnc6ccccc6c5)c4s3)[C@H](C)[C@H]12. The maximum Gasteiger partial charge on any atom is 0.352 e. The molecule has 0 aliphatic carbocycles. The van der Waals surface area contributed by atoms with Crippen molar-refractivity contribution >= 4 is 50.3 Å². The summed E-state index contributed by atoms with van der Waals surface area (Å²) in [7, 11) is 0. The summed E-state index contributed by atoms with van der Waals surface area (Å²) in [4.78, 5) is 49.3. The highest BCUT2D eigenvalue weighted by Gasteiger charge is 2.60. The van der Waals surface area contributed by atoms with Gasteiger partial charge in [0.25, 0.3) is 0 Å². The maximum absolute atomic E-state index is 13.3. The number of carbonyl (C=O) groups is 3. The van der Waals surface area contributed by atoms with Crippen LogP contribution in [-0.4, -0.2) is 59.3 Å². The normalized spacial score (nSPS) is 22.5. The lowest BCUT2D eigenvalue weighted by molar-refractivity contribution is -0.163. The molecule has 1 amide bonds. The number of amides is 1. The van der Waals surface area contributed by atoms with Gasteiger partial charge in [0.1, 0.15) is 22.5 Å². The van der Waals surface area contributed by atoms with E-state index in [-0.39, 0.29) is 29.0 Å². The van der Waals surface area contributed by atoms with E-state index in [2.05, 4.69) is 9.97 Å². The molecule has 0 spiro atoms. The number of thiazole rings is 1. The molecule has 9 nitrogen and oxygen atoms in total. The second-order valence-electron chi connectivity index (χ2n) is 8.97. The minimum Gasteiger partial charge on any atom is -0.477 e. The van der Waals surface area contributed by atoms with Crippen LogP contribution in [0.3, 0.4) is 0 Å². The van der Waals surface area contributed by atoms with E-state index in [1.807, 2.05) is 31.2 Å². The van der Waals surface area contributed by atoms with Gasteiger partial charge in [-0.3, -0.25) is 19.0 Å². The number of aliphatic carboxylic acids is 1. The molecule has 2 aliphatic heterocycles. The number of ketones is 1. The molecule has 0 bridgehead atoms. The van der Waals surface area contributed by atoms with Gasteiger partial charge in [0.05, 0.1) is 28.5 Å². The number of carbonyl (C=O) groups excluding carboxylic acids is 2. The number of hydrogen-bond donors (Lipinski definition) is 2. The Labute approximate surface area is 203 Å². The number of aliphatic hydroxyl groups is 1. The summed E-state index contributed by atoms with van der Waals surface area (Å²) in [5.74, 6) is -2.78. The minimum atomic E-state index is -1.19. The minimum absolute atomic E-state index is 0.0616. The lowest BCUT2D eigenvalue weighted by Gasteiger charge is -2.46. The molecule has 2 N–H and O–H groups in total. The fourth-order valence-corrected chi connectivity index (χ4v) is 6.52. The zero-order valence-electron chi connectivity index (χ0n) is 18.7. The molecule has 5 heterocycles. The lowest BCUT2D eigenvalue weighted by Crippen LogP contribution is -2.63. The number of aliphatic hydroxyl groups excluding tert-OH is 1. The summed E-state index contributed by atoms with van der Waals surface area (Å²) in [6, 6.07) is 8.89. The fraction of sp³-hybridized carbons (Fsp3) is 0.240. The van der Waals surface area contributed by atoms with Gasteiger partial charge in [-0.1, -0.05) is 25.1 Å². The van der Waals surface area contributed by atoms with Crippen molar-refractivity contribution < 1.29 is 24.6 Å². The molecule has 3 aromatic heterocycles. The van der Waals surface area contributed by atoms with Crippen molar-refractivity contribution in [2.75, 3.05) is 0 Å². The molecule has 4 atom stereocenters. The fourth-order valence-electron chi connectivity index (χ4n) is 5.31. The van der Waals surface area contributed by atoms with E-state index in [9.17, 15) is 24.6 Å². The molecule has 1 fully saturated rings. The lowest BCUT2D eigenvalue weighted by atomic mass is 9.77. The molecule has 1 aromatic carbocycles. The Morgan fingerprint density at radius 1 is 1.20 bits per heavy atom. The van der Waals surface area contributed by atoms with Crippen LogP contribution in [-0.2, 0) is 9.59 Å². The van der Waals surface area contributed by atoms with Crippen LogP contribution in [0.4, 0.5) is 0 Å². The third-order valence-electron chi connectivity index (χ3n) is 6.92. The second-order valence-corrected chi connectivity index (χ2v) is 10.00. The molecule has 1 saturated heterocycles. The summed E-state index contributed by atoms with van der Waals surface area (Å²) < 4.78 is 1.70. The number of β-lactam (4-membered cyclic amide) rings is 1. The van der Waals surface area contributed by atoms with Gasteiger partial charge in [0, 0.05) is 34.8 Å². The van der Waals surface area contributed by atoms with Crippen molar-refractivity contribution in [1.82, 2.24) is 19.3 Å². The zero-order valence-corrected chi connectivity index (χ0v) is 19.6. The van der Waals surface area contributed by atoms with Crippen molar-refractivity contribution in [2.45, 2.75) is 26.0 Å². The van der Waals surface area contributed by atoms with Gasteiger partial charge in [-0.05, 0) is 19.1 Å². The van der Waals surface area contributed by atoms with E-state index in [1.54, 1.807) is 23.6 Å². The predicted octanol–water partition coefficient (Wildman–Crippen LogP) is 2.83. The molecule has 2 aliphatic rings. The second kappa shape index (κ2) is 7.56. The Morgan fingerprint density at radius 3 is 2.71 bits per heavy atom. The summed E-state index contributed by atoms with van der Waals surface area (Å²) in [5, 5.41) is 20.9. The van der Waals surface area contributed by atoms with Crippen molar-refractivity contribution in [2.24, 2.45) is 11.8 Å². The van der Waals surface area contributed by atoms with Crippen LogP contribution in [0.1, 0.15) is 34.8 Å². The number of carboxylic acid groups (broad SMARTS) is 1. The summed E-state index contributed by atoms with van der Waals surface area (Å²) in [6.45, 7) is 3.41. The molecule has 10 heteroatoms. The topological polar surface area (TPSA) is 125 Å². The molecule has 0 radical (unpaired) electrons. The number of nitrogens with zero attached hydrogens (tertiary/aromatic N) is 4. The van der Waals surface area contributed by atoms with Crippen LogP contribution in [0.2, 0.25) is 0 Å². The number of imidazole rings is 1. The molecule has 176 valence electrons. The van der Waals surface area contributed by atoms with E-state index < -0.39 is 24.0 Å². The Kier molecular flexibility index (Phi) is 4.67. The highest BCUT2D eigenvalue weighted by Crippen LogP contribution is 2.51. The Morgan fingerprint density at radius 2 is 1.97 bits per heavy atom. The van der Waals surface area contributed by atoms with E-state index in [4.69, 9.17) is 0 Å². The van der Waals surface area contributed by atoms with Crippen LogP contribution in [0, 0.1) is 11.8 Å². The molecule has 35 heavy (non-hydrogen) atoms. The van der Waals surface area contributed by atoms with Crippen molar-refractivity contribution in [3.05, 3.63) is 70.9 Å². The first-order valence-electron chi connectivity index (χ1n) is 11.1. The van der Waals surface area contributed by atoms with Gasteiger partial charge >= 0.3 is 5.97 Å². The highest BCUT2D eigenvalue weighted by atomic mass is 32.1. The molecule has 0 unspecified atom stereocenters. The van der Waals surface area contributed by atoms with Crippen LogP contribution in [0.5, 0.6) is 0 Å². The van der Waals surface area contributed by atoms with Crippen LogP contribution < -0.4 is 0 Å². The van der Waals surface area contributed by atoms with Crippen LogP contribution in [0.25, 0.3) is 21.3 Å². The highest BCUT2D eigenvalue weighted by molar-refractivity contribution is 7.18. The smallest absolute Gasteiger partial charge is 0.352 e. The number of benzene rings is 1. The Bertz CT molecular complexity index is 1600. The first kappa shape index (κ1) is 21.6. The molecular weight excluding hydrogens is 468 g/mol. The maximum atomic E-state index is 13.3. The molecule has 4 aromatic rings. The van der Waals surface area contributed by atoms with E-state index in [0.717, 1.165) is 10.9 Å². The monoisotopic (exact) mass is 488 g/mol. The van der Waals surface area contributed by atoms with Gasteiger partial charge in [0.2, 0.25) is 11.7 Å². The number of pyridine rings is 1. The molecule has 6 rings (SSSR count). The standard InChI is InChI=1S/C25H20N4O5S/c1-11-17(21(25(33)34)29-20(11)18(12(2)30)23(29)32)16-9-28-10-27-19(24(28)35-16)22(31)14-7-13-5-3-4-6-15(13)26-8-14/h3-12,18,20,30H,1-2H3,(H,33,34)/t11-,12+,18+,20+/m0/s1. The first-order valence-corrected chi connectivity index (χ1v) is 11.9. The zero-order chi connectivity index (χ0) is 24.6. The van der Waals surface area contributed by atoms with Crippen molar-refractivity contribution in [3.8, 4) is 0 Å². The van der Waals surface area contributed by atoms with Gasteiger partial charge in [-0.2, -0.15) is 0 Å². The Balaban J connectivity index is 1.42. The van der Waals surface area contributed by atoms with Crippen molar-refractivity contribution in [1.29, 1.82) is 0 Å². The molecular formula is C25H20N4O5S. The number of aromatic nitrogens is 3. The third-order valence-corrected chi connectivity index (χ3v) is 8.06. The van der Waals surface area contributed by atoms with Crippen LogP contribution in [0.15, 0.2) is 54.7 Å². The average molecular weight is 489 g/mol. The summed E-state index contributed by atoms with van der Waals surface area (Å²) in [5.41, 5.74) is 1.92. The largest absolute Gasteiger partial charge is 0.477 e. The van der Waals surface area contributed by atoms with Gasteiger partial charge in [-0.15, -0.1) is 11.3 Å². The van der Waals surface area contributed by atoms with Crippen LogP contribution >= 0.6 is 11.3 Å². The summed E-state index contributed by atoms with van der Waals surface area (Å²) >= 11 is 1.26. The third kappa shape index (κ3) is 3.00.